The number of esters is 1. The van der Waals surface area contributed by atoms with Crippen LogP contribution in [-0.2, 0) is 36.8 Å². The minimum absolute atomic E-state index is 0.319. The van der Waals surface area contributed by atoms with Crippen molar-refractivity contribution in [3.63, 3.8) is 0 Å². The molecule has 0 fully saturated rings. The van der Waals surface area contributed by atoms with E-state index in [4.69, 9.17) is 13.8 Å². The van der Waals surface area contributed by atoms with Gasteiger partial charge in [-0.25, -0.2) is 0 Å². The third-order valence-electron chi connectivity index (χ3n) is 7.90. The van der Waals surface area contributed by atoms with E-state index in [9.17, 15) is 26.7 Å². The zero-order chi connectivity index (χ0) is 34.3. The molecule has 1 rings (SSSR count). The molecule has 0 bridgehead atoms. The summed E-state index contributed by atoms with van der Waals surface area (Å²) < 4.78 is 76.2. The first-order valence-corrected chi connectivity index (χ1v) is 19.8. The summed E-state index contributed by atoms with van der Waals surface area (Å²) in [6, 6.07) is 3.68. The molecule has 3 N–H and O–H groups in total. The monoisotopic (exact) mass is 694 g/mol. The highest BCUT2D eigenvalue weighted by molar-refractivity contribution is 7.81. The van der Waals surface area contributed by atoms with Crippen LogP contribution in [0.3, 0.4) is 0 Å². The molecule has 1 aromatic rings. The van der Waals surface area contributed by atoms with Crippen LogP contribution in [0.2, 0.25) is 0 Å². The van der Waals surface area contributed by atoms with Gasteiger partial charge in [0.1, 0.15) is 17.6 Å². The lowest BCUT2D eigenvalue weighted by Gasteiger charge is -2.22. The summed E-state index contributed by atoms with van der Waals surface area (Å²) in [6.07, 6.45) is 22.2. The van der Waals surface area contributed by atoms with Gasteiger partial charge in [0.15, 0.2) is 0 Å². The molecular weight excluding hydrogens is 636 g/mol. The molecule has 0 spiro atoms. The lowest BCUT2D eigenvalue weighted by molar-refractivity contribution is -0.153. The number of carbonyl (C=O) groups excluding carboxylic acids is 1. The van der Waals surface area contributed by atoms with Crippen molar-refractivity contribution in [2.24, 2.45) is 0 Å². The minimum Gasteiger partial charge on any atom is -0.460 e. The van der Waals surface area contributed by atoms with Crippen molar-refractivity contribution in [3.8, 4) is 11.5 Å². The Morgan fingerprint density at radius 1 is 0.630 bits per heavy atom. The summed E-state index contributed by atoms with van der Waals surface area (Å²) in [7, 11) is -9.61. The number of rotatable bonds is 29. The molecule has 0 saturated heterocycles. The van der Waals surface area contributed by atoms with E-state index in [-0.39, 0.29) is 23.6 Å². The normalized spacial score (nSPS) is 13.3. The van der Waals surface area contributed by atoms with Gasteiger partial charge in [-0.2, -0.15) is 16.8 Å². The van der Waals surface area contributed by atoms with Gasteiger partial charge >= 0.3 is 26.8 Å². The first-order valence-electron chi connectivity index (χ1n) is 17.1. The van der Waals surface area contributed by atoms with E-state index in [1.807, 2.05) is 0 Å². The van der Waals surface area contributed by atoms with E-state index >= 15 is 0 Å². The summed E-state index contributed by atoms with van der Waals surface area (Å²) in [6.45, 7) is 3.61. The zero-order valence-corrected chi connectivity index (χ0v) is 29.5. The fraction of sp³-hybridized carbons (Fsp3) is 0.788. The maximum Gasteiger partial charge on any atom is 0.446 e. The first kappa shape index (κ1) is 42.1. The van der Waals surface area contributed by atoms with Gasteiger partial charge in [0.05, 0.1) is 6.10 Å². The average molecular weight is 695 g/mol. The summed E-state index contributed by atoms with van der Waals surface area (Å²) >= 11 is 0. The Morgan fingerprint density at radius 3 is 1.43 bits per heavy atom. The molecule has 2 atom stereocenters. The number of aryl methyl sites for hydroxylation is 1. The number of hydrogen-bond donors (Lipinski definition) is 3. The van der Waals surface area contributed by atoms with Crippen molar-refractivity contribution in [1.82, 2.24) is 0 Å². The van der Waals surface area contributed by atoms with Crippen LogP contribution in [0.4, 0.5) is 0 Å². The second-order valence-electron chi connectivity index (χ2n) is 12.2. The van der Waals surface area contributed by atoms with Crippen molar-refractivity contribution in [2.75, 3.05) is 0 Å². The van der Waals surface area contributed by atoms with Gasteiger partial charge < -0.3 is 18.2 Å². The van der Waals surface area contributed by atoms with E-state index in [2.05, 4.69) is 15.3 Å². The van der Waals surface area contributed by atoms with Crippen LogP contribution < -0.4 is 8.37 Å². The molecule has 1 aromatic carbocycles. The summed E-state index contributed by atoms with van der Waals surface area (Å²) in [5, 5.41) is 10.6. The quantitative estimate of drug-likeness (QED) is 0.0420. The number of carbonyl (C=O) groups is 1. The molecule has 0 amide bonds. The Kier molecular flexibility index (Phi) is 22.2. The Labute approximate surface area is 277 Å². The van der Waals surface area contributed by atoms with Crippen molar-refractivity contribution in [3.05, 3.63) is 23.8 Å². The predicted octanol–water partition coefficient (Wildman–Crippen LogP) is 8.10. The van der Waals surface area contributed by atoms with Gasteiger partial charge in [-0.1, -0.05) is 116 Å². The Balaban J connectivity index is 2.12. The smallest absolute Gasteiger partial charge is 0.446 e. The molecule has 0 aliphatic heterocycles. The molecule has 0 heterocycles. The molecule has 0 aliphatic rings. The predicted molar refractivity (Wildman–Crippen MR) is 179 cm³/mol. The maximum atomic E-state index is 11.5. The average Bonchev–Trinajstić information content (AvgIpc) is 2.94. The molecule has 268 valence electrons. The van der Waals surface area contributed by atoms with Crippen LogP contribution in [0.15, 0.2) is 18.2 Å². The molecule has 0 aliphatic carbocycles. The van der Waals surface area contributed by atoms with Crippen LogP contribution in [0, 0.1) is 0 Å². The van der Waals surface area contributed by atoms with Gasteiger partial charge in [0.25, 0.3) is 0 Å². The van der Waals surface area contributed by atoms with Crippen molar-refractivity contribution >= 4 is 26.8 Å². The van der Waals surface area contributed by atoms with Gasteiger partial charge in [-0.3, -0.25) is 13.9 Å². The maximum absolute atomic E-state index is 11.5. The fourth-order valence-electron chi connectivity index (χ4n) is 5.60. The SMILES string of the molecule is CCCCCCCCC(OC(C)=O)C(O)CCCCCCCCCCCCCCCc1cc(OS(=O)(=O)O)cc(OS(=O)(=O)O)c1. The van der Waals surface area contributed by atoms with Gasteiger partial charge in [0, 0.05) is 13.0 Å². The Morgan fingerprint density at radius 2 is 1.02 bits per heavy atom. The Hall–Kier alpha value is -1.93. The van der Waals surface area contributed by atoms with Crippen LogP contribution in [0.1, 0.15) is 154 Å². The standard InChI is InChI=1S/C33H58O11S2/c1-3-4-5-6-18-21-24-33(42-28(2)34)32(35)23-20-17-15-13-11-9-7-8-10-12-14-16-19-22-29-25-30(43-45(36,37)38)27-31(26-29)44-46(39,40)41/h25-27,32-33,35H,3-24H2,1-2H3,(H,36,37,38)(H,39,40,41). The third kappa shape index (κ3) is 24.3. The van der Waals surface area contributed by atoms with E-state index in [1.54, 1.807) is 0 Å². The van der Waals surface area contributed by atoms with Crippen LogP contribution in [0.25, 0.3) is 0 Å². The summed E-state index contributed by atoms with van der Waals surface area (Å²) in [4.78, 5) is 11.5. The van der Waals surface area contributed by atoms with Crippen LogP contribution >= 0.6 is 0 Å². The molecular formula is C33H58O11S2. The van der Waals surface area contributed by atoms with Crippen molar-refractivity contribution in [2.45, 2.75) is 167 Å². The number of hydrogen-bond acceptors (Lipinski definition) is 9. The number of ether oxygens (including phenoxy) is 1. The number of aliphatic hydroxyl groups excluding tert-OH is 1. The minimum atomic E-state index is -4.81. The molecule has 0 saturated carbocycles. The Bertz CT molecular complexity index is 1120. The second-order valence-corrected chi connectivity index (χ2v) is 14.3. The summed E-state index contributed by atoms with van der Waals surface area (Å²) in [5.74, 6) is -0.958. The summed E-state index contributed by atoms with van der Waals surface area (Å²) in [5.41, 5.74) is 0.547. The van der Waals surface area contributed by atoms with Crippen molar-refractivity contribution in [1.29, 1.82) is 0 Å². The lowest BCUT2D eigenvalue weighted by Crippen LogP contribution is -2.30. The molecule has 13 heteroatoms. The molecule has 0 aromatic heterocycles. The number of aliphatic hydroxyl groups is 1. The van der Waals surface area contributed by atoms with Gasteiger partial charge in [0.2, 0.25) is 0 Å². The van der Waals surface area contributed by atoms with Gasteiger partial charge in [-0.05, 0) is 49.8 Å². The van der Waals surface area contributed by atoms with E-state index < -0.39 is 26.9 Å². The topological polar surface area (TPSA) is 174 Å². The van der Waals surface area contributed by atoms with Crippen LogP contribution in [-0.4, -0.2) is 49.2 Å². The lowest BCUT2D eigenvalue weighted by atomic mass is 9.99. The highest BCUT2D eigenvalue weighted by atomic mass is 32.3. The molecule has 0 radical (unpaired) electrons. The number of unbranched alkanes of at least 4 members (excludes halogenated alkanes) is 17. The first-order chi connectivity index (χ1) is 21.8. The van der Waals surface area contributed by atoms with E-state index in [1.165, 1.54) is 76.8 Å². The zero-order valence-electron chi connectivity index (χ0n) is 27.9. The number of benzene rings is 1. The highest BCUT2D eigenvalue weighted by Crippen LogP contribution is 2.26. The highest BCUT2D eigenvalue weighted by Gasteiger charge is 2.21. The van der Waals surface area contributed by atoms with Crippen molar-refractivity contribution < 1.29 is 48.9 Å². The van der Waals surface area contributed by atoms with Crippen LogP contribution in [0.5, 0.6) is 11.5 Å². The van der Waals surface area contributed by atoms with Gasteiger partial charge in [-0.15, -0.1) is 0 Å². The largest absolute Gasteiger partial charge is 0.460 e. The van der Waals surface area contributed by atoms with E-state index in [0.29, 0.717) is 18.4 Å². The molecule has 11 nitrogen and oxygen atoms in total. The molecule has 2 unspecified atom stereocenters. The second kappa shape index (κ2) is 24.2. The molecule has 46 heavy (non-hydrogen) atoms. The van der Waals surface area contributed by atoms with E-state index in [0.717, 1.165) is 76.7 Å². The third-order valence-corrected chi connectivity index (χ3v) is 8.70. The fourth-order valence-corrected chi connectivity index (χ4v) is 6.28.